The van der Waals surface area contributed by atoms with E-state index in [-0.39, 0.29) is 24.4 Å². The molecule has 0 unspecified atom stereocenters. The Kier molecular flexibility index (Phi) is 5.93. The minimum atomic E-state index is -3.59. The molecule has 1 aromatic heterocycles. The first-order valence-electron chi connectivity index (χ1n) is 8.21. The van der Waals surface area contributed by atoms with E-state index in [9.17, 15) is 8.42 Å². The number of nitrogens with two attached hydrogens (primary N) is 1. The second-order valence-corrected chi connectivity index (χ2v) is 8.19. The molecule has 2 heterocycles. The van der Waals surface area contributed by atoms with E-state index in [1.54, 1.807) is 18.5 Å². The summed E-state index contributed by atoms with van der Waals surface area (Å²) in [5.41, 5.74) is 8.57. The Balaban J connectivity index is 0.00000225. The van der Waals surface area contributed by atoms with Crippen LogP contribution in [-0.4, -0.2) is 41.6 Å². The molecule has 1 fully saturated rings. The average molecular weight is 385 g/mol. The van der Waals surface area contributed by atoms with E-state index in [0.717, 1.165) is 5.56 Å². The molecule has 0 radical (unpaired) electrons. The Labute approximate surface area is 155 Å². The van der Waals surface area contributed by atoms with E-state index in [2.05, 4.69) is 5.10 Å². The van der Waals surface area contributed by atoms with Gasteiger partial charge in [-0.1, -0.05) is 30.3 Å². The van der Waals surface area contributed by atoms with Gasteiger partial charge in [0.1, 0.15) is 4.90 Å². The van der Waals surface area contributed by atoms with Crippen molar-refractivity contribution in [2.24, 2.45) is 5.73 Å². The lowest BCUT2D eigenvalue weighted by Gasteiger charge is -2.17. The lowest BCUT2D eigenvalue weighted by Crippen LogP contribution is -2.32. The standard InChI is InChI=1S/C17H24N4O2S.ClH/c1-4-21-13(3)17(12(2)19-21)24(22,23)20-10-15(16(18)11-20)14-8-6-5-7-9-14;/h5-9,15-16H,4,10-11,18H2,1-3H3;1H/t15-,16+;/m0./s1. The van der Waals surface area contributed by atoms with Crippen LogP contribution in [0.15, 0.2) is 35.2 Å². The Hall–Kier alpha value is -1.41. The number of nitrogens with zero attached hydrogens (tertiary/aromatic N) is 3. The van der Waals surface area contributed by atoms with Gasteiger partial charge in [-0.05, 0) is 26.3 Å². The molecule has 1 aliphatic heterocycles. The molecule has 1 aromatic carbocycles. The average Bonchev–Trinajstić information content (AvgIpc) is 3.08. The molecule has 0 bridgehead atoms. The third-order valence-corrected chi connectivity index (χ3v) is 6.86. The van der Waals surface area contributed by atoms with Gasteiger partial charge in [0.2, 0.25) is 10.0 Å². The van der Waals surface area contributed by atoms with Crippen LogP contribution in [0.3, 0.4) is 0 Å². The molecule has 6 nitrogen and oxygen atoms in total. The highest BCUT2D eigenvalue weighted by atomic mass is 35.5. The number of hydrogen-bond acceptors (Lipinski definition) is 4. The number of sulfonamides is 1. The molecule has 1 aliphatic rings. The van der Waals surface area contributed by atoms with Crippen LogP contribution in [0.4, 0.5) is 0 Å². The molecule has 2 atom stereocenters. The molecule has 8 heteroatoms. The van der Waals surface area contributed by atoms with E-state index in [4.69, 9.17) is 5.73 Å². The maximum Gasteiger partial charge on any atom is 0.246 e. The van der Waals surface area contributed by atoms with Crippen LogP contribution in [-0.2, 0) is 16.6 Å². The van der Waals surface area contributed by atoms with Gasteiger partial charge in [-0.25, -0.2) is 8.42 Å². The molecule has 0 saturated carbocycles. The van der Waals surface area contributed by atoms with Gasteiger partial charge in [0.25, 0.3) is 0 Å². The largest absolute Gasteiger partial charge is 0.326 e. The highest BCUT2D eigenvalue weighted by molar-refractivity contribution is 7.89. The van der Waals surface area contributed by atoms with Crippen molar-refractivity contribution in [2.45, 2.75) is 44.2 Å². The van der Waals surface area contributed by atoms with Crippen LogP contribution in [0.5, 0.6) is 0 Å². The van der Waals surface area contributed by atoms with Crippen molar-refractivity contribution >= 4 is 22.4 Å². The number of benzene rings is 1. The molecular formula is C17H25ClN4O2S. The van der Waals surface area contributed by atoms with Gasteiger partial charge in [0.15, 0.2) is 0 Å². The number of aryl methyl sites for hydroxylation is 2. The zero-order valence-electron chi connectivity index (χ0n) is 14.7. The minimum absolute atomic E-state index is 0. The summed E-state index contributed by atoms with van der Waals surface area (Å²) in [6, 6.07) is 9.67. The summed E-state index contributed by atoms with van der Waals surface area (Å²) in [6.07, 6.45) is 0. The fourth-order valence-electron chi connectivity index (χ4n) is 3.53. The summed E-state index contributed by atoms with van der Waals surface area (Å²) in [4.78, 5) is 0.324. The highest BCUT2D eigenvalue weighted by Gasteiger charge is 2.40. The lowest BCUT2D eigenvalue weighted by atomic mass is 9.95. The molecule has 3 rings (SSSR count). The van der Waals surface area contributed by atoms with Crippen molar-refractivity contribution in [1.82, 2.24) is 14.1 Å². The first-order chi connectivity index (χ1) is 11.4. The SMILES string of the molecule is CCn1nc(C)c(S(=O)(=O)N2C[C@@H](N)[C@H](c3ccccc3)C2)c1C.Cl. The van der Waals surface area contributed by atoms with Gasteiger partial charge in [-0.15, -0.1) is 12.4 Å². The van der Waals surface area contributed by atoms with Crippen molar-refractivity contribution in [3.8, 4) is 0 Å². The first kappa shape index (κ1) is 19.9. The molecule has 0 amide bonds. The molecule has 0 aliphatic carbocycles. The van der Waals surface area contributed by atoms with Gasteiger partial charge in [0, 0.05) is 31.6 Å². The second-order valence-electron chi connectivity index (χ2n) is 6.32. The zero-order chi connectivity index (χ0) is 17.5. The molecular weight excluding hydrogens is 360 g/mol. The Morgan fingerprint density at radius 3 is 2.40 bits per heavy atom. The summed E-state index contributed by atoms with van der Waals surface area (Å²) in [5.74, 6) is 0.0165. The maximum atomic E-state index is 13.1. The van der Waals surface area contributed by atoms with Crippen molar-refractivity contribution in [2.75, 3.05) is 13.1 Å². The van der Waals surface area contributed by atoms with E-state index in [1.165, 1.54) is 4.31 Å². The smallest absolute Gasteiger partial charge is 0.246 e. The Bertz CT molecular complexity index is 836. The van der Waals surface area contributed by atoms with E-state index >= 15 is 0 Å². The van der Waals surface area contributed by atoms with Crippen LogP contribution in [0.25, 0.3) is 0 Å². The van der Waals surface area contributed by atoms with Crippen LogP contribution < -0.4 is 5.73 Å². The summed E-state index contributed by atoms with van der Waals surface area (Å²) >= 11 is 0. The molecule has 138 valence electrons. The second kappa shape index (κ2) is 7.45. The quantitative estimate of drug-likeness (QED) is 0.874. The molecule has 2 N–H and O–H groups in total. The summed E-state index contributed by atoms with van der Waals surface area (Å²) in [5, 5.41) is 4.34. The third kappa shape index (κ3) is 3.46. The fraction of sp³-hybridized carbons (Fsp3) is 0.471. The number of aromatic nitrogens is 2. The predicted molar refractivity (Wildman–Crippen MR) is 101 cm³/mol. The fourth-order valence-corrected chi connectivity index (χ4v) is 5.41. The van der Waals surface area contributed by atoms with E-state index < -0.39 is 10.0 Å². The van der Waals surface area contributed by atoms with Crippen LogP contribution >= 0.6 is 12.4 Å². The zero-order valence-corrected chi connectivity index (χ0v) is 16.3. The van der Waals surface area contributed by atoms with Crippen molar-refractivity contribution in [3.63, 3.8) is 0 Å². The van der Waals surface area contributed by atoms with Gasteiger partial charge < -0.3 is 5.73 Å². The van der Waals surface area contributed by atoms with E-state index in [1.807, 2.05) is 37.3 Å². The number of hydrogen-bond donors (Lipinski definition) is 1. The number of rotatable bonds is 4. The molecule has 2 aromatic rings. The van der Waals surface area contributed by atoms with Gasteiger partial charge in [0.05, 0.1) is 11.4 Å². The maximum absolute atomic E-state index is 13.1. The summed E-state index contributed by atoms with van der Waals surface area (Å²) in [7, 11) is -3.59. The molecule has 1 saturated heterocycles. The first-order valence-corrected chi connectivity index (χ1v) is 9.65. The van der Waals surface area contributed by atoms with Crippen LogP contribution in [0.1, 0.15) is 29.8 Å². The summed E-state index contributed by atoms with van der Waals surface area (Å²) < 4.78 is 29.5. The van der Waals surface area contributed by atoms with Crippen molar-refractivity contribution in [1.29, 1.82) is 0 Å². The summed E-state index contributed by atoms with van der Waals surface area (Å²) in [6.45, 7) is 6.89. The Morgan fingerprint density at radius 1 is 1.20 bits per heavy atom. The van der Waals surface area contributed by atoms with Gasteiger partial charge >= 0.3 is 0 Å². The molecule has 0 spiro atoms. The topological polar surface area (TPSA) is 81.2 Å². The van der Waals surface area contributed by atoms with Crippen LogP contribution in [0.2, 0.25) is 0 Å². The van der Waals surface area contributed by atoms with Crippen LogP contribution in [0, 0.1) is 13.8 Å². The lowest BCUT2D eigenvalue weighted by molar-refractivity contribution is 0.469. The number of halogens is 1. The minimum Gasteiger partial charge on any atom is -0.326 e. The van der Waals surface area contributed by atoms with Crippen molar-refractivity contribution < 1.29 is 8.42 Å². The predicted octanol–water partition coefficient (Wildman–Crippen LogP) is 2.06. The highest BCUT2D eigenvalue weighted by Crippen LogP contribution is 2.32. The van der Waals surface area contributed by atoms with Gasteiger partial charge in [-0.2, -0.15) is 9.40 Å². The van der Waals surface area contributed by atoms with Crippen molar-refractivity contribution in [3.05, 3.63) is 47.3 Å². The van der Waals surface area contributed by atoms with E-state index in [0.29, 0.717) is 35.9 Å². The molecule has 25 heavy (non-hydrogen) atoms. The Morgan fingerprint density at radius 2 is 1.84 bits per heavy atom. The normalized spacial score (nSPS) is 21.3. The third-order valence-electron chi connectivity index (χ3n) is 4.77. The van der Waals surface area contributed by atoms with Gasteiger partial charge in [-0.3, -0.25) is 4.68 Å². The monoisotopic (exact) mass is 384 g/mol.